The number of aromatic nitrogens is 3. The van der Waals surface area contributed by atoms with Gasteiger partial charge >= 0.3 is 0 Å². The quantitative estimate of drug-likeness (QED) is 0.759. The Morgan fingerprint density at radius 2 is 1.92 bits per heavy atom. The van der Waals surface area contributed by atoms with Gasteiger partial charge in [0.05, 0.1) is 0 Å². The van der Waals surface area contributed by atoms with E-state index in [0.29, 0.717) is 30.4 Å². The topological polar surface area (TPSA) is 94.1 Å². The van der Waals surface area contributed by atoms with E-state index in [1.165, 1.54) is 5.56 Å². The molecule has 7 nitrogen and oxygen atoms in total. The van der Waals surface area contributed by atoms with Gasteiger partial charge < -0.3 is 14.4 Å². The van der Waals surface area contributed by atoms with Crippen molar-refractivity contribution in [2.24, 2.45) is 0 Å². The van der Waals surface area contributed by atoms with Crippen LogP contribution >= 0.6 is 0 Å². The molecule has 2 aromatic heterocycles. The smallest absolute Gasteiger partial charge is 0.273 e. The third-order valence-electron chi connectivity index (χ3n) is 4.57. The van der Waals surface area contributed by atoms with E-state index in [9.17, 15) is 4.79 Å². The van der Waals surface area contributed by atoms with Gasteiger partial charge in [0.15, 0.2) is 5.69 Å². The molecular formula is C19H20N4O3. The summed E-state index contributed by atoms with van der Waals surface area (Å²) in [5.41, 5.74) is 3.44. The van der Waals surface area contributed by atoms with Crippen molar-refractivity contribution in [2.45, 2.75) is 39.0 Å². The van der Waals surface area contributed by atoms with Gasteiger partial charge in [-0.25, -0.2) is 0 Å². The van der Waals surface area contributed by atoms with Crippen molar-refractivity contribution >= 4 is 5.91 Å². The molecule has 0 radical (unpaired) electrons. The number of aryl methyl sites for hydroxylation is 2. The first kappa shape index (κ1) is 16.5. The highest BCUT2D eigenvalue weighted by atomic mass is 16.5. The highest BCUT2D eigenvalue weighted by molar-refractivity contribution is 5.93. The van der Waals surface area contributed by atoms with Gasteiger partial charge in [-0.3, -0.25) is 4.79 Å². The Hall–Kier alpha value is -2.96. The predicted molar refractivity (Wildman–Crippen MR) is 93.7 cm³/mol. The molecule has 1 aromatic carbocycles. The van der Waals surface area contributed by atoms with Gasteiger partial charge in [-0.15, -0.1) is 0 Å². The number of amides is 1. The predicted octanol–water partition coefficient (Wildman–Crippen LogP) is 2.88. The average Bonchev–Trinajstić information content (AvgIpc) is 3.29. The van der Waals surface area contributed by atoms with Crippen LogP contribution in [0.4, 0.5) is 0 Å². The molecule has 3 aromatic rings. The highest BCUT2D eigenvalue weighted by Gasteiger charge is 2.23. The van der Waals surface area contributed by atoms with E-state index >= 15 is 0 Å². The van der Waals surface area contributed by atoms with Gasteiger partial charge in [0.1, 0.15) is 5.76 Å². The molecule has 0 bridgehead atoms. The number of carbonyl (C=O) groups is 1. The molecule has 0 unspecified atom stereocenters. The fraction of sp³-hybridized carbons (Fsp3) is 0.368. The molecule has 0 aliphatic heterocycles. The molecule has 1 aliphatic rings. The first-order valence-corrected chi connectivity index (χ1v) is 8.86. The Kier molecular flexibility index (Phi) is 4.51. The van der Waals surface area contributed by atoms with Crippen molar-refractivity contribution in [3.8, 4) is 11.4 Å². The molecule has 0 fully saturated rings. The summed E-state index contributed by atoms with van der Waals surface area (Å²) in [6.07, 6.45) is 4.33. The summed E-state index contributed by atoms with van der Waals surface area (Å²) < 4.78 is 10.5. The van der Waals surface area contributed by atoms with Gasteiger partial charge in [-0.05, 0) is 26.2 Å². The number of fused-ring (bicyclic) bond motifs is 1. The fourth-order valence-electron chi connectivity index (χ4n) is 3.11. The Morgan fingerprint density at radius 3 is 2.77 bits per heavy atom. The summed E-state index contributed by atoms with van der Waals surface area (Å²) in [4.78, 5) is 16.7. The minimum absolute atomic E-state index is 0.213. The number of benzene rings is 1. The second-order valence-electron chi connectivity index (χ2n) is 6.52. The van der Waals surface area contributed by atoms with Gasteiger partial charge in [0.25, 0.3) is 5.91 Å². The van der Waals surface area contributed by atoms with Gasteiger partial charge in [0.2, 0.25) is 11.7 Å². The highest BCUT2D eigenvalue weighted by Crippen LogP contribution is 2.24. The molecule has 1 aliphatic carbocycles. The van der Waals surface area contributed by atoms with Crippen LogP contribution in [0.5, 0.6) is 0 Å². The third kappa shape index (κ3) is 3.37. The first-order chi connectivity index (χ1) is 12.7. The number of rotatable bonds is 5. The maximum Gasteiger partial charge on any atom is 0.273 e. The van der Waals surface area contributed by atoms with E-state index in [1.807, 2.05) is 31.2 Å². The van der Waals surface area contributed by atoms with E-state index in [0.717, 1.165) is 42.6 Å². The second kappa shape index (κ2) is 7.11. The van der Waals surface area contributed by atoms with Gasteiger partial charge in [0, 0.05) is 30.5 Å². The molecular weight excluding hydrogens is 332 g/mol. The molecule has 0 saturated heterocycles. The molecule has 1 N–H and O–H groups in total. The number of hydrogen-bond donors (Lipinski definition) is 1. The summed E-state index contributed by atoms with van der Waals surface area (Å²) in [6.45, 7) is 2.43. The molecule has 2 heterocycles. The first-order valence-electron chi connectivity index (χ1n) is 8.86. The maximum absolute atomic E-state index is 12.3. The molecule has 134 valence electrons. The van der Waals surface area contributed by atoms with Gasteiger partial charge in [-0.2, -0.15) is 4.98 Å². The lowest BCUT2D eigenvalue weighted by Gasteiger charge is -2.08. The Balaban J connectivity index is 1.34. The fourth-order valence-corrected chi connectivity index (χ4v) is 3.11. The van der Waals surface area contributed by atoms with Crippen LogP contribution in [-0.4, -0.2) is 27.7 Å². The molecule has 0 spiro atoms. The van der Waals surface area contributed by atoms with Crippen LogP contribution in [0.15, 0.2) is 33.3 Å². The lowest BCUT2D eigenvalue weighted by Crippen LogP contribution is -2.27. The van der Waals surface area contributed by atoms with Crippen molar-refractivity contribution in [1.82, 2.24) is 20.6 Å². The monoisotopic (exact) mass is 352 g/mol. The van der Waals surface area contributed by atoms with Crippen molar-refractivity contribution in [2.75, 3.05) is 6.54 Å². The summed E-state index contributed by atoms with van der Waals surface area (Å²) in [5.74, 6) is 1.68. The van der Waals surface area contributed by atoms with Crippen LogP contribution < -0.4 is 5.32 Å². The SMILES string of the molecule is Cc1ccc(-c2noc(CCNC(=O)c3noc4c3CCCC4)n2)cc1. The Morgan fingerprint density at radius 1 is 1.12 bits per heavy atom. The Bertz CT molecular complexity index is 911. The number of hydrogen-bond acceptors (Lipinski definition) is 6. The second-order valence-corrected chi connectivity index (χ2v) is 6.52. The van der Waals surface area contributed by atoms with Crippen LogP contribution in [0.2, 0.25) is 0 Å². The van der Waals surface area contributed by atoms with E-state index in [-0.39, 0.29) is 5.91 Å². The van der Waals surface area contributed by atoms with Crippen molar-refractivity contribution in [1.29, 1.82) is 0 Å². The Labute approximate surface area is 150 Å². The standard InChI is InChI=1S/C19H20N4O3/c1-12-6-8-13(9-7-12)18-21-16(26-23-18)10-11-20-19(24)17-14-4-2-3-5-15(14)25-22-17/h6-9H,2-5,10-11H2,1H3,(H,20,24). The van der Waals surface area contributed by atoms with Crippen LogP contribution in [-0.2, 0) is 19.3 Å². The van der Waals surface area contributed by atoms with E-state index in [4.69, 9.17) is 9.05 Å². The third-order valence-corrected chi connectivity index (χ3v) is 4.57. The van der Waals surface area contributed by atoms with Gasteiger partial charge in [-0.1, -0.05) is 40.1 Å². The normalized spacial score (nSPS) is 13.4. The zero-order valence-electron chi connectivity index (χ0n) is 14.6. The molecule has 4 rings (SSSR count). The maximum atomic E-state index is 12.3. The minimum atomic E-state index is -0.213. The van der Waals surface area contributed by atoms with Crippen LogP contribution in [0.3, 0.4) is 0 Å². The van der Waals surface area contributed by atoms with Crippen molar-refractivity contribution < 1.29 is 13.8 Å². The number of nitrogens with zero attached hydrogens (tertiary/aromatic N) is 3. The van der Waals surface area contributed by atoms with Crippen molar-refractivity contribution in [3.63, 3.8) is 0 Å². The summed E-state index contributed by atoms with van der Waals surface area (Å²) >= 11 is 0. The number of nitrogens with one attached hydrogen (secondary N) is 1. The lowest BCUT2D eigenvalue weighted by molar-refractivity contribution is 0.0943. The molecule has 1 amide bonds. The summed E-state index contributed by atoms with van der Waals surface area (Å²) in [6, 6.07) is 7.92. The summed E-state index contributed by atoms with van der Waals surface area (Å²) in [7, 11) is 0. The lowest BCUT2D eigenvalue weighted by atomic mass is 9.96. The molecule has 0 saturated carbocycles. The van der Waals surface area contributed by atoms with E-state index in [2.05, 4.69) is 20.6 Å². The van der Waals surface area contributed by atoms with Crippen LogP contribution in [0.1, 0.15) is 46.1 Å². The molecule has 0 atom stereocenters. The zero-order chi connectivity index (χ0) is 17.9. The van der Waals surface area contributed by atoms with E-state index in [1.54, 1.807) is 0 Å². The number of carbonyl (C=O) groups excluding carboxylic acids is 1. The average molecular weight is 352 g/mol. The molecule has 7 heteroatoms. The molecule has 26 heavy (non-hydrogen) atoms. The summed E-state index contributed by atoms with van der Waals surface area (Å²) in [5, 5.41) is 10.8. The van der Waals surface area contributed by atoms with Crippen LogP contribution in [0, 0.1) is 6.92 Å². The minimum Gasteiger partial charge on any atom is -0.360 e. The largest absolute Gasteiger partial charge is 0.360 e. The van der Waals surface area contributed by atoms with Crippen LogP contribution in [0.25, 0.3) is 11.4 Å². The van der Waals surface area contributed by atoms with E-state index < -0.39 is 0 Å². The zero-order valence-corrected chi connectivity index (χ0v) is 14.6. The van der Waals surface area contributed by atoms with Crippen molar-refractivity contribution in [3.05, 3.63) is 52.7 Å².